The van der Waals surface area contributed by atoms with Crippen molar-refractivity contribution in [3.8, 4) is 0 Å². The van der Waals surface area contributed by atoms with Gasteiger partial charge in [-0.05, 0) is 42.3 Å². The Balaban J connectivity index is 1.91. The molecule has 2 aromatic rings. The molecule has 1 N–H and O–H groups in total. The molecule has 4 nitrogen and oxygen atoms in total. The molecule has 1 aliphatic heterocycles. The molecule has 0 bridgehead atoms. The Labute approximate surface area is 146 Å². The molecule has 124 valence electrons. The fraction of sp³-hybridized carbons (Fsp3) is 0.263. The van der Waals surface area contributed by atoms with Gasteiger partial charge in [-0.1, -0.05) is 31.2 Å². The van der Waals surface area contributed by atoms with Crippen LogP contribution in [0.2, 0.25) is 0 Å². The zero-order valence-corrected chi connectivity index (χ0v) is 14.6. The predicted octanol–water partition coefficient (Wildman–Crippen LogP) is 4.12. The Morgan fingerprint density at radius 1 is 1.25 bits per heavy atom. The third-order valence-corrected chi connectivity index (χ3v) is 5.14. The van der Waals surface area contributed by atoms with Gasteiger partial charge in [-0.2, -0.15) is 0 Å². The number of carbonyl (C=O) groups excluding carboxylic acids is 2. The van der Waals surface area contributed by atoms with E-state index in [0.717, 1.165) is 22.5 Å². The van der Waals surface area contributed by atoms with Crippen LogP contribution in [0.3, 0.4) is 0 Å². The van der Waals surface area contributed by atoms with Gasteiger partial charge in [-0.15, -0.1) is 11.8 Å². The Morgan fingerprint density at radius 2 is 2.04 bits per heavy atom. The van der Waals surface area contributed by atoms with E-state index >= 15 is 0 Å². The second-order valence-corrected chi connectivity index (χ2v) is 6.86. The Morgan fingerprint density at radius 3 is 2.79 bits per heavy atom. The van der Waals surface area contributed by atoms with Gasteiger partial charge < -0.3 is 5.32 Å². The van der Waals surface area contributed by atoms with Gasteiger partial charge in [0, 0.05) is 17.8 Å². The van der Waals surface area contributed by atoms with Crippen LogP contribution in [0.1, 0.15) is 29.8 Å². The number of nitrogens with one attached hydrogen (secondary N) is 1. The Kier molecular flexibility index (Phi) is 4.90. The standard InChI is InChI=1S/C19H20N2O2S/c1-3-17(22)20-15-8-5-7-14(11-15)19-21(18(23)12-24-19)16-9-4-6-13(2)10-16/h4-11,19H,3,12H2,1-2H3,(H,20,22)/t19-/m1/s1. The lowest BCUT2D eigenvalue weighted by Gasteiger charge is -2.25. The molecular weight excluding hydrogens is 320 g/mol. The minimum atomic E-state index is -0.0715. The number of carbonyl (C=O) groups is 2. The molecule has 1 fully saturated rings. The summed E-state index contributed by atoms with van der Waals surface area (Å²) in [6.45, 7) is 3.84. The lowest BCUT2D eigenvalue weighted by molar-refractivity contribution is -0.116. The van der Waals surface area contributed by atoms with Crippen LogP contribution in [0.4, 0.5) is 11.4 Å². The summed E-state index contributed by atoms with van der Waals surface area (Å²) in [5.74, 6) is 0.556. The van der Waals surface area contributed by atoms with Crippen molar-refractivity contribution < 1.29 is 9.59 Å². The van der Waals surface area contributed by atoms with Gasteiger partial charge in [0.05, 0.1) is 5.75 Å². The third-order valence-electron chi connectivity index (χ3n) is 3.92. The molecule has 1 saturated heterocycles. The quantitative estimate of drug-likeness (QED) is 0.911. The molecule has 0 unspecified atom stereocenters. The number of aryl methyl sites for hydroxylation is 1. The van der Waals surface area contributed by atoms with E-state index in [2.05, 4.69) is 5.32 Å². The first-order valence-corrected chi connectivity index (χ1v) is 9.03. The first kappa shape index (κ1) is 16.6. The molecule has 0 aliphatic carbocycles. The summed E-state index contributed by atoms with van der Waals surface area (Å²) < 4.78 is 0. The SMILES string of the molecule is CCC(=O)Nc1cccc([C@H]2SCC(=O)N2c2cccc(C)c2)c1. The minimum absolute atomic E-state index is 0.0159. The minimum Gasteiger partial charge on any atom is -0.326 e. The second kappa shape index (κ2) is 7.09. The first-order valence-electron chi connectivity index (χ1n) is 7.98. The molecule has 0 aromatic heterocycles. The summed E-state index contributed by atoms with van der Waals surface area (Å²) >= 11 is 1.61. The molecule has 0 radical (unpaired) electrons. The van der Waals surface area contributed by atoms with Crippen LogP contribution in [0.25, 0.3) is 0 Å². The van der Waals surface area contributed by atoms with Gasteiger partial charge in [0.15, 0.2) is 0 Å². The van der Waals surface area contributed by atoms with Crippen molar-refractivity contribution in [2.75, 3.05) is 16.0 Å². The highest BCUT2D eigenvalue weighted by Crippen LogP contribution is 2.42. The van der Waals surface area contributed by atoms with E-state index in [1.165, 1.54) is 0 Å². The number of amides is 2. The molecule has 1 aliphatic rings. The van der Waals surface area contributed by atoms with Crippen molar-refractivity contribution >= 4 is 35.0 Å². The Bertz CT molecular complexity index is 775. The summed E-state index contributed by atoms with van der Waals surface area (Å²) in [4.78, 5) is 25.9. The zero-order chi connectivity index (χ0) is 17.1. The maximum atomic E-state index is 12.4. The molecular formula is C19H20N2O2S. The summed E-state index contributed by atoms with van der Waals surface area (Å²) in [5.41, 5.74) is 3.82. The van der Waals surface area contributed by atoms with Gasteiger partial charge in [-0.25, -0.2) is 0 Å². The van der Waals surface area contributed by atoms with Crippen LogP contribution in [0.5, 0.6) is 0 Å². The van der Waals surface area contributed by atoms with Crippen LogP contribution in [-0.2, 0) is 9.59 Å². The fourth-order valence-corrected chi connectivity index (χ4v) is 3.91. The maximum absolute atomic E-state index is 12.4. The van der Waals surface area contributed by atoms with Crippen molar-refractivity contribution in [3.63, 3.8) is 0 Å². The molecule has 3 rings (SSSR count). The summed E-state index contributed by atoms with van der Waals surface area (Å²) in [5, 5.41) is 2.81. The van der Waals surface area contributed by atoms with Crippen LogP contribution >= 0.6 is 11.8 Å². The van der Waals surface area contributed by atoms with Gasteiger partial charge in [0.1, 0.15) is 5.37 Å². The fourth-order valence-electron chi connectivity index (χ4n) is 2.75. The monoisotopic (exact) mass is 340 g/mol. The van der Waals surface area contributed by atoms with Crippen LogP contribution in [0, 0.1) is 6.92 Å². The number of hydrogen-bond donors (Lipinski definition) is 1. The van der Waals surface area contributed by atoms with E-state index < -0.39 is 0 Å². The van der Waals surface area contributed by atoms with E-state index in [1.807, 2.05) is 67.3 Å². The normalized spacial score (nSPS) is 17.2. The highest BCUT2D eigenvalue weighted by Gasteiger charge is 2.34. The number of hydrogen-bond acceptors (Lipinski definition) is 3. The molecule has 2 aromatic carbocycles. The lowest BCUT2D eigenvalue weighted by atomic mass is 10.1. The predicted molar refractivity (Wildman–Crippen MR) is 99.2 cm³/mol. The van der Waals surface area contributed by atoms with Crippen LogP contribution < -0.4 is 10.2 Å². The second-order valence-electron chi connectivity index (χ2n) is 5.79. The Hall–Kier alpha value is -2.27. The first-order chi connectivity index (χ1) is 11.6. The molecule has 1 heterocycles. The van der Waals surface area contributed by atoms with E-state index in [4.69, 9.17) is 0 Å². The summed E-state index contributed by atoms with van der Waals surface area (Å²) in [6, 6.07) is 15.7. The van der Waals surface area contributed by atoms with E-state index in [9.17, 15) is 9.59 Å². The average molecular weight is 340 g/mol. The smallest absolute Gasteiger partial charge is 0.238 e. The van der Waals surface area contributed by atoms with Gasteiger partial charge in [-0.3, -0.25) is 14.5 Å². The molecule has 1 atom stereocenters. The van der Waals surface area contributed by atoms with Gasteiger partial charge in [0.2, 0.25) is 11.8 Å². The number of benzene rings is 2. The highest BCUT2D eigenvalue weighted by molar-refractivity contribution is 8.00. The molecule has 24 heavy (non-hydrogen) atoms. The number of rotatable bonds is 4. The van der Waals surface area contributed by atoms with E-state index in [0.29, 0.717) is 12.2 Å². The molecule has 0 saturated carbocycles. The molecule has 5 heteroatoms. The van der Waals surface area contributed by atoms with Gasteiger partial charge in [0.25, 0.3) is 0 Å². The maximum Gasteiger partial charge on any atom is 0.238 e. The van der Waals surface area contributed by atoms with Crippen molar-refractivity contribution in [3.05, 3.63) is 59.7 Å². The lowest BCUT2D eigenvalue weighted by Crippen LogP contribution is -2.27. The van der Waals surface area contributed by atoms with E-state index in [-0.39, 0.29) is 17.2 Å². The number of anilines is 2. The highest BCUT2D eigenvalue weighted by atomic mass is 32.2. The van der Waals surface area contributed by atoms with Crippen molar-refractivity contribution in [2.24, 2.45) is 0 Å². The van der Waals surface area contributed by atoms with Crippen molar-refractivity contribution in [2.45, 2.75) is 25.6 Å². The number of nitrogens with zero attached hydrogens (tertiary/aromatic N) is 1. The largest absolute Gasteiger partial charge is 0.326 e. The summed E-state index contributed by atoms with van der Waals surface area (Å²) in [7, 11) is 0. The molecule has 2 amide bonds. The third kappa shape index (κ3) is 3.46. The van der Waals surface area contributed by atoms with Crippen molar-refractivity contribution in [1.82, 2.24) is 0 Å². The van der Waals surface area contributed by atoms with Gasteiger partial charge >= 0.3 is 0 Å². The summed E-state index contributed by atoms with van der Waals surface area (Å²) in [6.07, 6.45) is 0.441. The van der Waals surface area contributed by atoms with E-state index in [1.54, 1.807) is 11.8 Å². The van der Waals surface area contributed by atoms with Crippen LogP contribution in [0.15, 0.2) is 48.5 Å². The van der Waals surface area contributed by atoms with Crippen molar-refractivity contribution in [1.29, 1.82) is 0 Å². The zero-order valence-electron chi connectivity index (χ0n) is 13.8. The number of thioether (sulfide) groups is 1. The average Bonchev–Trinajstić information content (AvgIpc) is 2.96. The van der Waals surface area contributed by atoms with Crippen LogP contribution in [-0.4, -0.2) is 17.6 Å². The topological polar surface area (TPSA) is 49.4 Å². The molecule has 0 spiro atoms.